The molecule has 5 atom stereocenters. The van der Waals surface area contributed by atoms with Gasteiger partial charge in [-0.05, 0) is 79.5 Å². The molecule has 3 aliphatic rings. The van der Waals surface area contributed by atoms with E-state index in [2.05, 4.69) is 13.0 Å². The minimum absolute atomic E-state index is 0.104. The van der Waals surface area contributed by atoms with E-state index < -0.39 is 0 Å². The molecule has 1 aromatic carbocycles. The highest BCUT2D eigenvalue weighted by Crippen LogP contribution is 2.61. The number of phenols is 1. The van der Waals surface area contributed by atoms with Crippen molar-refractivity contribution >= 4 is 5.97 Å². The topological polar surface area (TPSA) is 46.5 Å². The Balaban J connectivity index is 1.63. The predicted octanol–water partition coefficient (Wildman–Crippen LogP) is 4.18. The normalized spacial score (nSPS) is 38.3. The second-order valence-corrected chi connectivity index (χ2v) is 8.02. The van der Waals surface area contributed by atoms with E-state index in [-0.39, 0.29) is 17.5 Å². The molecule has 2 fully saturated rings. The first-order chi connectivity index (χ1) is 11.0. The molecular weight excluding hydrogens is 288 g/mol. The standard InChI is InChI=1S/C20H26O3/c1-12(21)23-19-8-7-18-17-5-3-13-11-14(22)4-6-15(13)16(17)9-10-20(18,19)2/h4,6,11,16-19,22H,3,5,7-10H2,1-2H3/t16?,17?,18?,19-,20?/m1/s1. The molecule has 2 saturated carbocycles. The smallest absolute Gasteiger partial charge is 0.302 e. The number of carbonyl (C=O) groups is 1. The van der Waals surface area contributed by atoms with E-state index in [9.17, 15) is 9.90 Å². The van der Waals surface area contributed by atoms with Crippen LogP contribution in [-0.2, 0) is 16.0 Å². The molecule has 1 N–H and O–H groups in total. The quantitative estimate of drug-likeness (QED) is 0.791. The minimum Gasteiger partial charge on any atom is -0.508 e. The van der Waals surface area contributed by atoms with Crippen LogP contribution in [0.4, 0.5) is 0 Å². The lowest BCUT2D eigenvalue weighted by atomic mass is 9.55. The first-order valence-corrected chi connectivity index (χ1v) is 8.98. The largest absolute Gasteiger partial charge is 0.508 e. The van der Waals surface area contributed by atoms with Crippen LogP contribution < -0.4 is 0 Å². The van der Waals surface area contributed by atoms with Gasteiger partial charge in [0, 0.05) is 12.3 Å². The van der Waals surface area contributed by atoms with Crippen molar-refractivity contribution in [3.8, 4) is 5.75 Å². The van der Waals surface area contributed by atoms with Crippen molar-refractivity contribution in [1.29, 1.82) is 0 Å². The summed E-state index contributed by atoms with van der Waals surface area (Å²) in [5.41, 5.74) is 2.95. The van der Waals surface area contributed by atoms with Crippen LogP contribution >= 0.6 is 0 Å². The number of esters is 1. The molecule has 4 rings (SSSR count). The number of carbonyl (C=O) groups excluding carboxylic acids is 1. The SMILES string of the molecule is CC(=O)O[C@@H]1CCC2C3CCc4cc(O)ccc4C3CCC21C. The molecule has 0 saturated heterocycles. The Morgan fingerprint density at radius 3 is 2.87 bits per heavy atom. The highest BCUT2D eigenvalue weighted by atomic mass is 16.5. The summed E-state index contributed by atoms with van der Waals surface area (Å²) in [6.07, 6.45) is 6.89. The molecule has 0 amide bonds. The fourth-order valence-corrected chi connectivity index (χ4v) is 5.91. The number of aryl methyl sites for hydroxylation is 1. The third-order valence-corrected chi connectivity index (χ3v) is 6.93. The Hall–Kier alpha value is -1.51. The Kier molecular flexibility index (Phi) is 3.44. The van der Waals surface area contributed by atoms with Crippen LogP contribution in [0.25, 0.3) is 0 Å². The van der Waals surface area contributed by atoms with E-state index in [0.717, 1.165) is 19.3 Å². The Morgan fingerprint density at radius 2 is 2.09 bits per heavy atom. The zero-order valence-corrected chi connectivity index (χ0v) is 14.0. The van der Waals surface area contributed by atoms with Crippen molar-refractivity contribution < 1.29 is 14.6 Å². The maximum Gasteiger partial charge on any atom is 0.302 e. The first-order valence-electron chi connectivity index (χ1n) is 8.98. The molecule has 0 heterocycles. The molecule has 3 heteroatoms. The Bertz CT molecular complexity index is 638. The van der Waals surface area contributed by atoms with E-state index in [1.807, 2.05) is 12.1 Å². The van der Waals surface area contributed by atoms with Crippen LogP contribution in [0.5, 0.6) is 5.75 Å². The Morgan fingerprint density at radius 1 is 1.26 bits per heavy atom. The van der Waals surface area contributed by atoms with E-state index in [1.165, 1.54) is 37.3 Å². The zero-order chi connectivity index (χ0) is 16.2. The molecule has 0 spiro atoms. The monoisotopic (exact) mass is 314 g/mol. The minimum atomic E-state index is -0.136. The van der Waals surface area contributed by atoms with Crippen LogP contribution in [0.15, 0.2) is 18.2 Å². The van der Waals surface area contributed by atoms with Crippen molar-refractivity contribution in [3.05, 3.63) is 29.3 Å². The van der Waals surface area contributed by atoms with Crippen LogP contribution in [0, 0.1) is 17.3 Å². The second-order valence-electron chi connectivity index (χ2n) is 8.02. The van der Waals surface area contributed by atoms with Gasteiger partial charge < -0.3 is 9.84 Å². The number of benzene rings is 1. The molecule has 3 aliphatic carbocycles. The molecule has 4 unspecified atom stereocenters. The highest BCUT2D eigenvalue weighted by Gasteiger charge is 2.56. The third-order valence-electron chi connectivity index (χ3n) is 6.93. The molecule has 0 radical (unpaired) electrons. The molecule has 0 bridgehead atoms. The van der Waals surface area contributed by atoms with Crippen LogP contribution in [0.3, 0.4) is 0 Å². The summed E-state index contributed by atoms with van der Waals surface area (Å²) in [5, 5.41) is 9.75. The van der Waals surface area contributed by atoms with Gasteiger partial charge in [0.25, 0.3) is 0 Å². The second kappa shape index (κ2) is 5.25. The number of aromatic hydroxyl groups is 1. The first kappa shape index (κ1) is 15.0. The van der Waals surface area contributed by atoms with Gasteiger partial charge in [-0.25, -0.2) is 0 Å². The van der Waals surface area contributed by atoms with Gasteiger partial charge in [0.05, 0.1) is 0 Å². The molecule has 1 aromatic rings. The van der Waals surface area contributed by atoms with Gasteiger partial charge in [0.15, 0.2) is 0 Å². The maximum atomic E-state index is 11.4. The molecule has 0 aromatic heterocycles. The van der Waals surface area contributed by atoms with Gasteiger partial charge in [0.1, 0.15) is 11.9 Å². The van der Waals surface area contributed by atoms with Crippen molar-refractivity contribution in [2.75, 3.05) is 0 Å². The van der Waals surface area contributed by atoms with E-state index in [1.54, 1.807) is 0 Å². The van der Waals surface area contributed by atoms with Crippen LogP contribution in [0.1, 0.15) is 63.0 Å². The van der Waals surface area contributed by atoms with Gasteiger partial charge in [-0.3, -0.25) is 4.79 Å². The molecule has 124 valence electrons. The maximum absolute atomic E-state index is 11.4. The van der Waals surface area contributed by atoms with E-state index in [0.29, 0.717) is 23.5 Å². The summed E-state index contributed by atoms with van der Waals surface area (Å²) in [6, 6.07) is 5.93. The zero-order valence-electron chi connectivity index (χ0n) is 14.0. The van der Waals surface area contributed by atoms with Gasteiger partial charge in [-0.15, -0.1) is 0 Å². The number of rotatable bonds is 1. The van der Waals surface area contributed by atoms with Crippen molar-refractivity contribution in [3.63, 3.8) is 0 Å². The molecule has 23 heavy (non-hydrogen) atoms. The highest BCUT2D eigenvalue weighted by molar-refractivity contribution is 5.66. The third kappa shape index (κ3) is 2.28. The van der Waals surface area contributed by atoms with Gasteiger partial charge in [-0.2, -0.15) is 0 Å². The number of hydrogen-bond acceptors (Lipinski definition) is 3. The summed E-state index contributed by atoms with van der Waals surface area (Å²) in [6.45, 7) is 3.88. The number of hydrogen-bond donors (Lipinski definition) is 1. The van der Waals surface area contributed by atoms with E-state index in [4.69, 9.17) is 4.74 Å². The van der Waals surface area contributed by atoms with Crippen molar-refractivity contribution in [1.82, 2.24) is 0 Å². The lowest BCUT2D eigenvalue weighted by Crippen LogP contribution is -2.45. The average molecular weight is 314 g/mol. The van der Waals surface area contributed by atoms with E-state index >= 15 is 0 Å². The fourth-order valence-electron chi connectivity index (χ4n) is 5.91. The van der Waals surface area contributed by atoms with Gasteiger partial charge >= 0.3 is 5.97 Å². The molecular formula is C20H26O3. The number of phenolic OH excluding ortho intramolecular Hbond substituents is 1. The molecule has 0 aliphatic heterocycles. The Labute approximate surface area is 138 Å². The lowest BCUT2D eigenvalue weighted by molar-refractivity contribution is -0.154. The van der Waals surface area contributed by atoms with Gasteiger partial charge in [0.2, 0.25) is 0 Å². The van der Waals surface area contributed by atoms with Crippen molar-refractivity contribution in [2.24, 2.45) is 17.3 Å². The summed E-state index contributed by atoms with van der Waals surface area (Å²) in [7, 11) is 0. The lowest BCUT2D eigenvalue weighted by Gasteiger charge is -2.50. The number of fused-ring (bicyclic) bond motifs is 5. The van der Waals surface area contributed by atoms with Crippen LogP contribution in [0.2, 0.25) is 0 Å². The predicted molar refractivity (Wildman–Crippen MR) is 88.3 cm³/mol. The summed E-state index contributed by atoms with van der Waals surface area (Å²) < 4.78 is 5.68. The summed E-state index contributed by atoms with van der Waals surface area (Å²) in [5.74, 6) is 2.23. The number of ether oxygens (including phenoxy) is 1. The van der Waals surface area contributed by atoms with Gasteiger partial charge in [-0.1, -0.05) is 13.0 Å². The molecule has 3 nitrogen and oxygen atoms in total. The van der Waals surface area contributed by atoms with Crippen LogP contribution in [-0.4, -0.2) is 17.2 Å². The average Bonchev–Trinajstić information content (AvgIpc) is 2.83. The fraction of sp³-hybridized carbons (Fsp3) is 0.650. The summed E-state index contributed by atoms with van der Waals surface area (Å²) in [4.78, 5) is 11.4. The summed E-state index contributed by atoms with van der Waals surface area (Å²) >= 11 is 0. The van der Waals surface area contributed by atoms with Crippen molar-refractivity contribution in [2.45, 2.75) is 64.4 Å².